The topological polar surface area (TPSA) is 89.8 Å². The number of hydrogen-bond donors (Lipinski definition) is 2. The third-order valence-electron chi connectivity index (χ3n) is 2.27. The highest BCUT2D eigenvalue weighted by Gasteiger charge is 2.16. The highest BCUT2D eigenvalue weighted by atomic mass is 16.6. The van der Waals surface area contributed by atoms with E-state index < -0.39 is 17.7 Å². The molecule has 0 saturated heterocycles. The van der Waals surface area contributed by atoms with Gasteiger partial charge in [-0.15, -0.1) is 0 Å². The summed E-state index contributed by atoms with van der Waals surface area (Å²) < 4.78 is 15.0. The van der Waals surface area contributed by atoms with Gasteiger partial charge in [0, 0.05) is 13.1 Å². The molecule has 21 heavy (non-hydrogen) atoms. The molecule has 1 heterocycles. The van der Waals surface area contributed by atoms with E-state index in [4.69, 9.17) is 13.9 Å². The van der Waals surface area contributed by atoms with E-state index in [0.717, 1.165) is 0 Å². The molecule has 0 aliphatic heterocycles. The van der Waals surface area contributed by atoms with Gasteiger partial charge in [-0.2, -0.15) is 0 Å². The third-order valence-corrected chi connectivity index (χ3v) is 2.27. The average molecular weight is 298 g/mol. The van der Waals surface area contributed by atoms with Crippen molar-refractivity contribution in [3.05, 3.63) is 18.1 Å². The maximum Gasteiger partial charge on any atom is 0.407 e. The zero-order valence-corrected chi connectivity index (χ0v) is 12.8. The van der Waals surface area contributed by atoms with Crippen LogP contribution in [0, 0.1) is 0 Å². The Kier molecular flexibility index (Phi) is 6.08. The number of esters is 1. The monoisotopic (exact) mass is 298 g/mol. The van der Waals surface area contributed by atoms with E-state index in [9.17, 15) is 9.59 Å². The van der Waals surface area contributed by atoms with Crippen molar-refractivity contribution in [3.8, 4) is 0 Å². The van der Waals surface area contributed by atoms with E-state index >= 15 is 0 Å². The highest BCUT2D eigenvalue weighted by molar-refractivity contribution is 5.95. The van der Waals surface area contributed by atoms with Crippen molar-refractivity contribution >= 4 is 17.7 Å². The molecule has 1 rings (SSSR count). The fourth-order valence-electron chi connectivity index (χ4n) is 1.48. The smallest absolute Gasteiger partial charge is 0.407 e. The van der Waals surface area contributed by atoms with Crippen molar-refractivity contribution in [1.29, 1.82) is 0 Å². The largest absolute Gasteiger partial charge is 0.469 e. The van der Waals surface area contributed by atoms with Crippen molar-refractivity contribution in [1.82, 2.24) is 5.32 Å². The molecule has 0 unspecified atom stereocenters. The van der Waals surface area contributed by atoms with Crippen LogP contribution >= 0.6 is 0 Å². The SMILES string of the molecule is CCOC(=O)c1cocc1NCCNC(=O)OC(C)(C)C. The summed E-state index contributed by atoms with van der Waals surface area (Å²) in [5, 5.41) is 5.59. The Morgan fingerprint density at radius 1 is 1.24 bits per heavy atom. The zero-order valence-electron chi connectivity index (χ0n) is 12.8. The summed E-state index contributed by atoms with van der Waals surface area (Å²) >= 11 is 0. The second-order valence-electron chi connectivity index (χ2n) is 5.28. The Bertz CT molecular complexity index is 476. The van der Waals surface area contributed by atoms with Crippen LogP contribution in [-0.4, -0.2) is 37.4 Å². The lowest BCUT2D eigenvalue weighted by molar-refractivity contribution is 0.0516. The normalized spacial score (nSPS) is 10.9. The van der Waals surface area contributed by atoms with E-state index in [0.29, 0.717) is 30.9 Å². The first-order valence-corrected chi connectivity index (χ1v) is 6.77. The highest BCUT2D eigenvalue weighted by Crippen LogP contribution is 2.17. The van der Waals surface area contributed by atoms with Crippen molar-refractivity contribution < 1.29 is 23.5 Å². The first-order valence-electron chi connectivity index (χ1n) is 6.77. The van der Waals surface area contributed by atoms with E-state index in [-0.39, 0.29) is 0 Å². The van der Waals surface area contributed by atoms with Crippen LogP contribution in [0.5, 0.6) is 0 Å². The van der Waals surface area contributed by atoms with Crippen LogP contribution in [0.3, 0.4) is 0 Å². The number of carbonyl (C=O) groups is 2. The lowest BCUT2D eigenvalue weighted by atomic mass is 10.2. The number of hydrogen-bond acceptors (Lipinski definition) is 6. The van der Waals surface area contributed by atoms with Crippen LogP contribution in [0.2, 0.25) is 0 Å². The van der Waals surface area contributed by atoms with Gasteiger partial charge in [-0.25, -0.2) is 9.59 Å². The molecule has 7 heteroatoms. The van der Waals surface area contributed by atoms with Gasteiger partial charge in [0.05, 0.1) is 12.3 Å². The van der Waals surface area contributed by atoms with E-state index in [2.05, 4.69) is 10.6 Å². The van der Waals surface area contributed by atoms with Gasteiger partial charge >= 0.3 is 12.1 Å². The minimum absolute atomic E-state index is 0.295. The first kappa shape index (κ1) is 16.9. The maximum absolute atomic E-state index is 11.6. The molecule has 0 fully saturated rings. The van der Waals surface area contributed by atoms with Crippen molar-refractivity contribution in [3.63, 3.8) is 0 Å². The molecule has 1 aromatic rings. The van der Waals surface area contributed by atoms with Crippen LogP contribution in [0.15, 0.2) is 16.9 Å². The number of rotatable bonds is 6. The molecule has 0 spiro atoms. The fourth-order valence-corrected chi connectivity index (χ4v) is 1.48. The number of nitrogens with one attached hydrogen (secondary N) is 2. The number of ether oxygens (including phenoxy) is 2. The van der Waals surface area contributed by atoms with Crippen LogP contribution in [0.25, 0.3) is 0 Å². The standard InChI is InChI=1S/C14H22N2O5/c1-5-20-12(17)10-8-19-9-11(10)15-6-7-16-13(18)21-14(2,3)4/h8-9,15H,5-7H2,1-4H3,(H,16,18). The quantitative estimate of drug-likeness (QED) is 0.619. The number of carbonyl (C=O) groups excluding carboxylic acids is 2. The van der Waals surface area contributed by atoms with Crippen LogP contribution < -0.4 is 10.6 Å². The second kappa shape index (κ2) is 7.56. The summed E-state index contributed by atoms with van der Waals surface area (Å²) in [5.41, 5.74) is 0.327. The van der Waals surface area contributed by atoms with E-state index in [1.165, 1.54) is 12.5 Å². The number of furan rings is 1. The summed E-state index contributed by atoms with van der Waals surface area (Å²) in [6.45, 7) is 8.18. The van der Waals surface area contributed by atoms with Gasteiger partial charge in [-0.05, 0) is 27.7 Å². The Labute approximate surface area is 124 Å². The Morgan fingerprint density at radius 3 is 2.57 bits per heavy atom. The summed E-state index contributed by atoms with van der Waals surface area (Å²) in [5.74, 6) is -0.450. The minimum atomic E-state index is -0.529. The Hall–Kier alpha value is -2.18. The Morgan fingerprint density at radius 2 is 1.95 bits per heavy atom. The zero-order chi connectivity index (χ0) is 15.9. The maximum atomic E-state index is 11.6. The second-order valence-corrected chi connectivity index (χ2v) is 5.28. The first-order chi connectivity index (χ1) is 9.83. The molecule has 2 N–H and O–H groups in total. The molecule has 1 amide bonds. The van der Waals surface area contributed by atoms with Gasteiger partial charge in [-0.3, -0.25) is 0 Å². The minimum Gasteiger partial charge on any atom is -0.469 e. The summed E-state index contributed by atoms with van der Waals surface area (Å²) in [6, 6.07) is 0. The molecule has 0 aliphatic carbocycles. The molecular weight excluding hydrogens is 276 g/mol. The molecule has 1 aromatic heterocycles. The van der Waals surface area contributed by atoms with Gasteiger partial charge in [0.2, 0.25) is 0 Å². The van der Waals surface area contributed by atoms with Crippen molar-refractivity contribution in [2.45, 2.75) is 33.3 Å². The summed E-state index contributed by atoms with van der Waals surface area (Å²) in [4.78, 5) is 23.0. The molecule has 7 nitrogen and oxygen atoms in total. The van der Waals surface area contributed by atoms with Crippen molar-refractivity contribution in [2.24, 2.45) is 0 Å². The fraction of sp³-hybridized carbons (Fsp3) is 0.571. The van der Waals surface area contributed by atoms with Gasteiger partial charge in [0.25, 0.3) is 0 Å². The number of amides is 1. The van der Waals surface area contributed by atoms with Gasteiger partial charge in [0.15, 0.2) is 0 Å². The average Bonchev–Trinajstić information content (AvgIpc) is 2.81. The molecule has 0 atom stereocenters. The molecular formula is C14H22N2O5. The van der Waals surface area contributed by atoms with Gasteiger partial charge in [0.1, 0.15) is 23.7 Å². The number of alkyl carbamates (subject to hydrolysis) is 1. The van der Waals surface area contributed by atoms with Crippen molar-refractivity contribution in [2.75, 3.05) is 25.0 Å². The summed E-state index contributed by atoms with van der Waals surface area (Å²) in [7, 11) is 0. The lowest BCUT2D eigenvalue weighted by Gasteiger charge is -2.19. The molecule has 0 saturated carbocycles. The van der Waals surface area contributed by atoms with Crippen LogP contribution in [0.1, 0.15) is 38.1 Å². The summed E-state index contributed by atoms with van der Waals surface area (Å²) in [6.07, 6.45) is 2.25. The molecule has 118 valence electrons. The third kappa shape index (κ3) is 6.20. The molecule has 0 radical (unpaired) electrons. The Balaban J connectivity index is 2.35. The number of anilines is 1. The molecule has 0 aliphatic rings. The predicted octanol–water partition coefficient (Wildman–Crippen LogP) is 2.39. The van der Waals surface area contributed by atoms with Gasteiger partial charge < -0.3 is 24.5 Å². The van der Waals surface area contributed by atoms with E-state index in [1.807, 2.05) is 0 Å². The van der Waals surface area contributed by atoms with Crippen LogP contribution in [0.4, 0.5) is 10.5 Å². The van der Waals surface area contributed by atoms with Crippen LogP contribution in [-0.2, 0) is 9.47 Å². The molecule has 0 bridgehead atoms. The van der Waals surface area contributed by atoms with Gasteiger partial charge in [-0.1, -0.05) is 0 Å². The lowest BCUT2D eigenvalue weighted by Crippen LogP contribution is -2.35. The molecule has 0 aromatic carbocycles. The predicted molar refractivity (Wildman–Crippen MR) is 77.4 cm³/mol. The van der Waals surface area contributed by atoms with E-state index in [1.54, 1.807) is 27.7 Å².